The molecule has 0 unspecified atom stereocenters. The highest BCUT2D eigenvalue weighted by atomic mass is 79.9. The Bertz CT molecular complexity index is 1090. The van der Waals surface area contributed by atoms with E-state index >= 15 is 0 Å². The fraction of sp³-hybridized carbons (Fsp3) is 0.105. The minimum Gasteiger partial charge on any atom is -0.481 e. The Morgan fingerprint density at radius 1 is 1.27 bits per heavy atom. The predicted molar refractivity (Wildman–Crippen MR) is 112 cm³/mol. The molecule has 154 valence electrons. The second-order valence-electron chi connectivity index (χ2n) is 6.02. The molecule has 11 heteroatoms. The number of imide groups is 1. The first-order valence-corrected chi connectivity index (χ1v) is 9.99. The van der Waals surface area contributed by atoms with Crippen LogP contribution in [-0.2, 0) is 16.1 Å². The Hall–Kier alpha value is -3.18. The van der Waals surface area contributed by atoms with Gasteiger partial charge in [-0.2, -0.15) is 0 Å². The standard InChI is InChI=1S/C19H13BrN2O7S/c20-13-5-6-15(29-10-17(23)24)12(7-13)8-16-18(25)21(19(26)30-16)9-11-3-1-2-4-14(11)22(27)28/h1-8H,9-10H2,(H,23,24)/b16-8-. The van der Waals surface area contributed by atoms with E-state index in [4.69, 9.17) is 9.84 Å². The summed E-state index contributed by atoms with van der Waals surface area (Å²) in [5, 5.41) is 19.4. The van der Waals surface area contributed by atoms with Crippen LogP contribution in [0.1, 0.15) is 11.1 Å². The molecule has 0 radical (unpaired) electrons. The topological polar surface area (TPSA) is 127 Å². The third kappa shape index (κ3) is 4.86. The number of halogens is 1. The summed E-state index contributed by atoms with van der Waals surface area (Å²) >= 11 is 3.99. The van der Waals surface area contributed by atoms with E-state index in [1.807, 2.05) is 0 Å². The summed E-state index contributed by atoms with van der Waals surface area (Å²) in [6, 6.07) is 10.7. The smallest absolute Gasteiger partial charge is 0.341 e. The van der Waals surface area contributed by atoms with Crippen molar-refractivity contribution in [1.29, 1.82) is 0 Å². The fourth-order valence-electron chi connectivity index (χ4n) is 2.67. The zero-order valence-electron chi connectivity index (χ0n) is 15.1. The molecule has 0 saturated carbocycles. The van der Waals surface area contributed by atoms with E-state index in [9.17, 15) is 24.5 Å². The number of aliphatic carboxylic acids is 1. The number of rotatable bonds is 7. The number of hydrogen-bond acceptors (Lipinski definition) is 7. The predicted octanol–water partition coefficient (Wildman–Crippen LogP) is 4.06. The Kier molecular flexibility index (Phi) is 6.53. The Balaban J connectivity index is 1.88. The van der Waals surface area contributed by atoms with Crippen LogP contribution < -0.4 is 4.74 Å². The second-order valence-corrected chi connectivity index (χ2v) is 7.93. The van der Waals surface area contributed by atoms with E-state index in [1.54, 1.807) is 18.2 Å². The second kappa shape index (κ2) is 9.09. The molecule has 1 aliphatic heterocycles. The number of benzene rings is 2. The normalized spacial score (nSPS) is 15.0. The molecule has 9 nitrogen and oxygen atoms in total. The minimum absolute atomic E-state index is 0.0943. The van der Waals surface area contributed by atoms with Crippen LogP contribution >= 0.6 is 27.7 Å². The third-order valence-electron chi connectivity index (χ3n) is 4.00. The lowest BCUT2D eigenvalue weighted by atomic mass is 10.1. The number of para-hydroxylation sites is 1. The van der Waals surface area contributed by atoms with Crippen LogP contribution in [0.5, 0.6) is 5.75 Å². The maximum atomic E-state index is 12.8. The summed E-state index contributed by atoms with van der Waals surface area (Å²) in [6.07, 6.45) is 1.42. The van der Waals surface area contributed by atoms with Gasteiger partial charge in [0.25, 0.3) is 16.8 Å². The number of hydrogen-bond donors (Lipinski definition) is 1. The number of amides is 2. The molecule has 0 spiro atoms. The average molecular weight is 493 g/mol. The number of carbonyl (C=O) groups is 3. The molecule has 0 aliphatic carbocycles. The van der Waals surface area contributed by atoms with Crippen LogP contribution in [-0.4, -0.2) is 38.7 Å². The first kappa shape index (κ1) is 21.5. The minimum atomic E-state index is -1.16. The summed E-state index contributed by atoms with van der Waals surface area (Å²) in [4.78, 5) is 47.6. The molecule has 3 rings (SSSR count). The zero-order chi connectivity index (χ0) is 21.8. The average Bonchev–Trinajstić information content (AvgIpc) is 2.95. The van der Waals surface area contributed by atoms with Gasteiger partial charge in [0.2, 0.25) is 0 Å². The molecule has 1 N–H and O–H groups in total. The van der Waals surface area contributed by atoms with Gasteiger partial charge in [0.1, 0.15) is 5.75 Å². The van der Waals surface area contributed by atoms with Crippen molar-refractivity contribution in [2.75, 3.05) is 6.61 Å². The number of carbonyl (C=O) groups excluding carboxylic acids is 2. The number of ether oxygens (including phenoxy) is 1. The molecular weight excluding hydrogens is 480 g/mol. The van der Waals surface area contributed by atoms with Crippen LogP contribution in [0.25, 0.3) is 6.08 Å². The lowest BCUT2D eigenvalue weighted by Gasteiger charge is -2.12. The van der Waals surface area contributed by atoms with Gasteiger partial charge in [-0.15, -0.1) is 0 Å². The van der Waals surface area contributed by atoms with Gasteiger partial charge in [0.05, 0.1) is 16.4 Å². The summed E-state index contributed by atoms with van der Waals surface area (Å²) in [5.74, 6) is -1.54. The van der Waals surface area contributed by atoms with Gasteiger partial charge in [-0.3, -0.25) is 24.6 Å². The van der Waals surface area contributed by atoms with Gasteiger partial charge in [0, 0.05) is 21.7 Å². The van der Waals surface area contributed by atoms with Crippen LogP contribution in [0.2, 0.25) is 0 Å². The molecule has 2 aromatic rings. The van der Waals surface area contributed by atoms with E-state index in [1.165, 1.54) is 30.3 Å². The molecule has 0 atom stereocenters. The highest BCUT2D eigenvalue weighted by Crippen LogP contribution is 2.36. The van der Waals surface area contributed by atoms with E-state index in [-0.39, 0.29) is 28.5 Å². The van der Waals surface area contributed by atoms with E-state index in [2.05, 4.69) is 15.9 Å². The summed E-state index contributed by atoms with van der Waals surface area (Å²) in [5.41, 5.74) is 0.456. The van der Waals surface area contributed by atoms with Crippen LogP contribution in [0.15, 0.2) is 51.8 Å². The highest BCUT2D eigenvalue weighted by Gasteiger charge is 2.36. The van der Waals surface area contributed by atoms with Gasteiger partial charge >= 0.3 is 5.97 Å². The molecule has 0 bridgehead atoms. The van der Waals surface area contributed by atoms with Gasteiger partial charge < -0.3 is 9.84 Å². The Labute approximate surface area is 182 Å². The molecule has 1 heterocycles. The third-order valence-corrected chi connectivity index (χ3v) is 5.40. The lowest BCUT2D eigenvalue weighted by Crippen LogP contribution is -2.27. The Morgan fingerprint density at radius 2 is 2.00 bits per heavy atom. The van der Waals surface area contributed by atoms with Crippen molar-refractivity contribution in [1.82, 2.24) is 4.90 Å². The number of carboxylic acids is 1. The SMILES string of the molecule is O=C(O)COc1ccc(Br)cc1/C=C1\SC(=O)N(Cc2ccccc2[N+](=O)[O-])C1=O. The maximum Gasteiger partial charge on any atom is 0.341 e. The first-order valence-electron chi connectivity index (χ1n) is 8.38. The van der Waals surface area contributed by atoms with Crippen molar-refractivity contribution in [2.45, 2.75) is 6.54 Å². The maximum absolute atomic E-state index is 12.8. The molecule has 2 amide bonds. The molecule has 1 saturated heterocycles. The van der Waals surface area contributed by atoms with Gasteiger partial charge in [0.15, 0.2) is 6.61 Å². The van der Waals surface area contributed by atoms with Crippen molar-refractivity contribution in [3.8, 4) is 5.75 Å². The molecular formula is C19H13BrN2O7S. The molecule has 1 aliphatic rings. The number of nitro benzene ring substituents is 1. The molecule has 1 fully saturated rings. The van der Waals surface area contributed by atoms with Crippen LogP contribution in [0.4, 0.5) is 10.5 Å². The van der Waals surface area contributed by atoms with Crippen molar-refractivity contribution in [3.63, 3.8) is 0 Å². The fourth-order valence-corrected chi connectivity index (χ4v) is 3.88. The Morgan fingerprint density at radius 3 is 2.70 bits per heavy atom. The number of thioether (sulfide) groups is 1. The number of carboxylic acid groups (broad SMARTS) is 1. The van der Waals surface area contributed by atoms with Crippen molar-refractivity contribution in [2.24, 2.45) is 0 Å². The van der Waals surface area contributed by atoms with Crippen molar-refractivity contribution < 1.29 is 29.2 Å². The van der Waals surface area contributed by atoms with Crippen molar-refractivity contribution in [3.05, 3.63) is 73.1 Å². The quantitative estimate of drug-likeness (QED) is 0.348. The molecule has 2 aromatic carbocycles. The largest absolute Gasteiger partial charge is 0.481 e. The van der Waals surface area contributed by atoms with Crippen LogP contribution in [0, 0.1) is 10.1 Å². The van der Waals surface area contributed by atoms with Crippen LogP contribution in [0.3, 0.4) is 0 Å². The number of nitro groups is 1. The molecule has 30 heavy (non-hydrogen) atoms. The lowest BCUT2D eigenvalue weighted by molar-refractivity contribution is -0.385. The summed E-state index contributed by atoms with van der Waals surface area (Å²) in [6.45, 7) is -0.804. The molecule has 0 aromatic heterocycles. The van der Waals surface area contributed by atoms with Gasteiger partial charge in [-0.05, 0) is 36.0 Å². The summed E-state index contributed by atoms with van der Waals surface area (Å²) < 4.78 is 5.89. The van der Waals surface area contributed by atoms with E-state index in [0.717, 1.165) is 4.90 Å². The highest BCUT2D eigenvalue weighted by molar-refractivity contribution is 9.10. The van der Waals surface area contributed by atoms with Gasteiger partial charge in [-0.25, -0.2) is 4.79 Å². The summed E-state index contributed by atoms with van der Waals surface area (Å²) in [7, 11) is 0. The zero-order valence-corrected chi connectivity index (χ0v) is 17.5. The van der Waals surface area contributed by atoms with E-state index in [0.29, 0.717) is 21.8 Å². The number of nitrogens with zero attached hydrogens (tertiary/aromatic N) is 2. The van der Waals surface area contributed by atoms with Crippen molar-refractivity contribution >= 4 is 56.6 Å². The van der Waals surface area contributed by atoms with E-state index < -0.39 is 28.6 Å². The van der Waals surface area contributed by atoms with Gasteiger partial charge in [-0.1, -0.05) is 34.1 Å². The first-order chi connectivity index (χ1) is 14.3. The monoisotopic (exact) mass is 492 g/mol.